The van der Waals surface area contributed by atoms with E-state index in [2.05, 4.69) is 54.6 Å². The van der Waals surface area contributed by atoms with Crippen LogP contribution in [0.5, 0.6) is 0 Å². The molecular formula is C26H26N2O2S. The molecule has 1 N–H and O–H groups in total. The van der Waals surface area contributed by atoms with Crippen molar-refractivity contribution in [3.8, 4) is 23.5 Å². The first kappa shape index (κ1) is 21.2. The Hall–Kier alpha value is -3.07. The fraction of sp³-hybridized carbons (Fsp3) is 0.231. The SMILES string of the molecule is C#Cc1ccc(-c2cc(Nc3cccc4c3CCN(S(C)(=O)=O)C4)ccc2CC)cc1. The van der Waals surface area contributed by atoms with E-state index >= 15 is 0 Å². The van der Waals surface area contributed by atoms with Gasteiger partial charge >= 0.3 is 0 Å². The van der Waals surface area contributed by atoms with Crippen molar-refractivity contribution in [2.24, 2.45) is 0 Å². The molecule has 3 aromatic rings. The highest BCUT2D eigenvalue weighted by Gasteiger charge is 2.24. The summed E-state index contributed by atoms with van der Waals surface area (Å²) < 4.78 is 25.4. The number of sulfonamides is 1. The van der Waals surface area contributed by atoms with Crippen LogP contribution in [0.25, 0.3) is 11.1 Å². The number of fused-ring (bicyclic) bond motifs is 1. The highest BCUT2D eigenvalue weighted by Crippen LogP contribution is 2.32. The van der Waals surface area contributed by atoms with E-state index in [-0.39, 0.29) is 0 Å². The monoisotopic (exact) mass is 430 g/mol. The summed E-state index contributed by atoms with van der Waals surface area (Å²) in [6.45, 7) is 3.08. The first-order valence-electron chi connectivity index (χ1n) is 10.4. The number of rotatable bonds is 5. The van der Waals surface area contributed by atoms with Gasteiger partial charge < -0.3 is 5.32 Å². The lowest BCUT2D eigenvalue weighted by molar-refractivity contribution is 0.395. The zero-order chi connectivity index (χ0) is 22.0. The van der Waals surface area contributed by atoms with Crippen molar-refractivity contribution in [2.45, 2.75) is 26.3 Å². The molecule has 0 fully saturated rings. The number of nitrogens with zero attached hydrogens (tertiary/aromatic N) is 1. The number of terminal acetylenes is 1. The van der Waals surface area contributed by atoms with Crippen molar-refractivity contribution in [2.75, 3.05) is 18.1 Å². The topological polar surface area (TPSA) is 49.4 Å². The van der Waals surface area contributed by atoms with Gasteiger partial charge in [-0.3, -0.25) is 0 Å². The van der Waals surface area contributed by atoms with Gasteiger partial charge in [0, 0.05) is 30.0 Å². The molecule has 0 amide bonds. The third-order valence-electron chi connectivity index (χ3n) is 5.83. The average molecular weight is 431 g/mol. The molecule has 3 aromatic carbocycles. The van der Waals surface area contributed by atoms with Crippen molar-refractivity contribution < 1.29 is 8.42 Å². The quantitative estimate of drug-likeness (QED) is 0.582. The number of benzene rings is 3. The number of hydrogen-bond donors (Lipinski definition) is 1. The molecule has 31 heavy (non-hydrogen) atoms. The zero-order valence-corrected chi connectivity index (χ0v) is 18.7. The summed E-state index contributed by atoms with van der Waals surface area (Å²) in [6.07, 6.45) is 8.40. The maximum Gasteiger partial charge on any atom is 0.211 e. The first-order valence-corrected chi connectivity index (χ1v) is 12.3. The van der Waals surface area contributed by atoms with E-state index in [4.69, 9.17) is 6.42 Å². The second kappa shape index (κ2) is 8.58. The number of nitrogens with one attached hydrogen (secondary N) is 1. The lowest BCUT2D eigenvalue weighted by Gasteiger charge is -2.28. The van der Waals surface area contributed by atoms with Crippen LogP contribution in [0.2, 0.25) is 0 Å². The number of anilines is 2. The molecule has 4 rings (SSSR count). The van der Waals surface area contributed by atoms with Crippen molar-refractivity contribution in [3.63, 3.8) is 0 Å². The van der Waals surface area contributed by atoms with Crippen molar-refractivity contribution in [1.29, 1.82) is 0 Å². The Morgan fingerprint density at radius 3 is 2.55 bits per heavy atom. The molecule has 158 valence electrons. The van der Waals surface area contributed by atoms with Gasteiger partial charge in [-0.25, -0.2) is 8.42 Å². The lowest BCUT2D eigenvalue weighted by Crippen LogP contribution is -2.35. The van der Waals surface area contributed by atoms with Crippen molar-refractivity contribution >= 4 is 21.4 Å². The van der Waals surface area contributed by atoms with Crippen molar-refractivity contribution in [3.05, 3.63) is 82.9 Å². The van der Waals surface area contributed by atoms with Gasteiger partial charge in [0.25, 0.3) is 0 Å². The summed E-state index contributed by atoms with van der Waals surface area (Å²) in [5.74, 6) is 2.67. The molecule has 0 saturated heterocycles. The van der Waals surface area contributed by atoms with E-state index in [1.165, 1.54) is 27.3 Å². The third-order valence-corrected chi connectivity index (χ3v) is 7.08. The van der Waals surface area contributed by atoms with Gasteiger partial charge in [0.1, 0.15) is 0 Å². The van der Waals surface area contributed by atoms with Gasteiger partial charge in [0.05, 0.1) is 6.26 Å². The van der Waals surface area contributed by atoms with Crippen molar-refractivity contribution in [1.82, 2.24) is 4.31 Å². The summed E-state index contributed by atoms with van der Waals surface area (Å²) in [6, 6.07) is 20.6. The molecule has 0 radical (unpaired) electrons. The maximum absolute atomic E-state index is 11.9. The van der Waals surface area contributed by atoms with E-state index < -0.39 is 10.0 Å². The minimum absolute atomic E-state index is 0.422. The van der Waals surface area contributed by atoms with E-state index in [9.17, 15) is 8.42 Å². The van der Waals surface area contributed by atoms with Crippen LogP contribution >= 0.6 is 0 Å². The average Bonchev–Trinajstić information content (AvgIpc) is 2.78. The van der Waals surface area contributed by atoms with Crippen LogP contribution in [0.15, 0.2) is 60.7 Å². The van der Waals surface area contributed by atoms with Crippen LogP contribution in [0.1, 0.15) is 29.2 Å². The predicted octanol–water partition coefficient (Wildman–Crippen LogP) is 4.96. The van der Waals surface area contributed by atoms with E-state index in [0.29, 0.717) is 19.5 Å². The Labute approximate surface area is 185 Å². The second-order valence-corrected chi connectivity index (χ2v) is 9.84. The molecule has 0 aromatic heterocycles. The number of hydrogen-bond acceptors (Lipinski definition) is 3. The summed E-state index contributed by atoms with van der Waals surface area (Å²) in [5.41, 5.74) is 8.74. The van der Waals surface area contributed by atoms with Gasteiger partial charge in [-0.2, -0.15) is 4.31 Å². The summed E-state index contributed by atoms with van der Waals surface area (Å²) in [4.78, 5) is 0. The smallest absolute Gasteiger partial charge is 0.211 e. The Balaban J connectivity index is 1.66. The fourth-order valence-corrected chi connectivity index (χ4v) is 4.91. The Morgan fingerprint density at radius 2 is 1.87 bits per heavy atom. The molecule has 0 saturated carbocycles. The minimum Gasteiger partial charge on any atom is -0.355 e. The molecule has 4 nitrogen and oxygen atoms in total. The number of aryl methyl sites for hydroxylation is 1. The van der Waals surface area contributed by atoms with Gasteiger partial charge in [0.2, 0.25) is 10.0 Å². The summed E-state index contributed by atoms with van der Waals surface area (Å²) >= 11 is 0. The summed E-state index contributed by atoms with van der Waals surface area (Å²) in [5, 5.41) is 3.57. The second-order valence-electron chi connectivity index (χ2n) is 7.86. The van der Waals surface area contributed by atoms with Crippen LogP contribution < -0.4 is 5.32 Å². The van der Waals surface area contributed by atoms with Gasteiger partial charge in [-0.05, 0) is 71.0 Å². The van der Waals surface area contributed by atoms with Gasteiger partial charge in [-0.1, -0.05) is 43.2 Å². The first-order chi connectivity index (χ1) is 14.9. The molecule has 1 aliphatic rings. The van der Waals surface area contributed by atoms with Gasteiger partial charge in [-0.15, -0.1) is 6.42 Å². The van der Waals surface area contributed by atoms with Crippen LogP contribution in [-0.4, -0.2) is 25.5 Å². The molecule has 0 atom stereocenters. The molecule has 1 aliphatic heterocycles. The van der Waals surface area contributed by atoms with Crippen LogP contribution in [0, 0.1) is 12.3 Å². The molecule has 0 unspecified atom stereocenters. The molecule has 0 aliphatic carbocycles. The molecule has 0 bridgehead atoms. The van der Waals surface area contributed by atoms with Crippen LogP contribution in [0.4, 0.5) is 11.4 Å². The Morgan fingerprint density at radius 1 is 1.10 bits per heavy atom. The van der Waals surface area contributed by atoms with Crippen LogP contribution in [-0.2, 0) is 29.4 Å². The van der Waals surface area contributed by atoms with E-state index in [1.54, 1.807) is 0 Å². The van der Waals surface area contributed by atoms with Gasteiger partial charge in [0.15, 0.2) is 0 Å². The minimum atomic E-state index is -3.19. The zero-order valence-electron chi connectivity index (χ0n) is 17.9. The maximum atomic E-state index is 11.9. The molecule has 0 spiro atoms. The lowest BCUT2D eigenvalue weighted by atomic mass is 9.96. The van der Waals surface area contributed by atoms with E-state index in [0.717, 1.165) is 34.5 Å². The van der Waals surface area contributed by atoms with E-state index in [1.807, 2.05) is 24.3 Å². The largest absolute Gasteiger partial charge is 0.355 e. The van der Waals surface area contributed by atoms with Crippen LogP contribution in [0.3, 0.4) is 0 Å². The third kappa shape index (κ3) is 4.51. The highest BCUT2D eigenvalue weighted by molar-refractivity contribution is 7.88. The highest BCUT2D eigenvalue weighted by atomic mass is 32.2. The fourth-order valence-electron chi connectivity index (χ4n) is 4.12. The normalized spacial score (nSPS) is 14.0. The predicted molar refractivity (Wildman–Crippen MR) is 128 cm³/mol. The Kier molecular flexibility index (Phi) is 5.86. The Bertz CT molecular complexity index is 1260. The summed E-state index contributed by atoms with van der Waals surface area (Å²) in [7, 11) is -3.19. The molecular weight excluding hydrogens is 404 g/mol. The molecule has 5 heteroatoms. The molecule has 1 heterocycles. The standard InChI is InChI=1S/C26H26N2O2S/c1-4-19-9-11-21(12-10-19)25-17-23(14-13-20(25)5-2)27-26-8-6-7-22-18-28(31(3,29)30)16-15-24(22)26/h1,6-14,17,27H,5,15-16,18H2,2-3H3.